The van der Waals surface area contributed by atoms with Crippen molar-refractivity contribution in [1.82, 2.24) is 4.98 Å². The third kappa shape index (κ3) is 4.62. The average Bonchev–Trinajstić information content (AvgIpc) is 3.36. The summed E-state index contributed by atoms with van der Waals surface area (Å²) in [5.74, 6) is -2.24. The molecule has 2 aromatic carbocycles. The second-order valence-electron chi connectivity index (χ2n) is 8.59. The van der Waals surface area contributed by atoms with Crippen LogP contribution in [0.2, 0.25) is 0 Å². The quantitative estimate of drug-likeness (QED) is 0.423. The number of alkyl halides is 3. The average molecular weight is 529 g/mol. The van der Waals surface area contributed by atoms with Gasteiger partial charge in [0.15, 0.2) is 10.9 Å². The molecule has 0 fully saturated rings. The molecule has 37 heavy (non-hydrogen) atoms. The summed E-state index contributed by atoms with van der Waals surface area (Å²) in [7, 11) is 0. The fourth-order valence-corrected chi connectivity index (χ4v) is 5.27. The normalized spacial score (nSPS) is 18.2. The molecule has 1 amide bonds. The molecule has 0 spiro atoms. The van der Waals surface area contributed by atoms with Gasteiger partial charge in [-0.15, -0.1) is 11.3 Å². The maximum absolute atomic E-state index is 13.8. The summed E-state index contributed by atoms with van der Waals surface area (Å²) in [6.45, 7) is 0. The predicted molar refractivity (Wildman–Crippen MR) is 131 cm³/mol. The molecule has 1 aromatic heterocycles. The fourth-order valence-electron chi connectivity index (χ4n) is 4.74. The van der Waals surface area contributed by atoms with Crippen molar-refractivity contribution < 1.29 is 27.2 Å². The number of rotatable bonds is 4. The van der Waals surface area contributed by atoms with Gasteiger partial charge >= 0.3 is 6.18 Å². The van der Waals surface area contributed by atoms with Crippen molar-refractivity contribution in [3.05, 3.63) is 99.7 Å². The van der Waals surface area contributed by atoms with Crippen LogP contribution in [0.1, 0.15) is 36.3 Å². The van der Waals surface area contributed by atoms with Crippen molar-refractivity contribution >= 4 is 33.8 Å². The SMILES string of the molecule is NC1=C(C(=O)Nc2nccs2)C(c2ccc(F)cc2)C2=C(CCCC2=O)N1c1ccc(C(F)(F)F)cc1. The zero-order valence-electron chi connectivity index (χ0n) is 19.2. The van der Waals surface area contributed by atoms with E-state index in [1.807, 2.05) is 0 Å². The molecule has 11 heteroatoms. The number of aromatic nitrogens is 1. The van der Waals surface area contributed by atoms with Gasteiger partial charge in [-0.1, -0.05) is 12.1 Å². The topological polar surface area (TPSA) is 88.3 Å². The van der Waals surface area contributed by atoms with Crippen molar-refractivity contribution in [1.29, 1.82) is 0 Å². The molecular formula is C26H20F4N4O2S. The van der Waals surface area contributed by atoms with Gasteiger partial charge in [-0.3, -0.25) is 19.8 Å². The minimum Gasteiger partial charge on any atom is -0.384 e. The number of amides is 1. The highest BCUT2D eigenvalue weighted by molar-refractivity contribution is 7.13. The standard InChI is InChI=1S/C26H20F4N4O2S/c27-16-8-4-14(5-9-16)20-21-18(2-1-3-19(21)35)34(17-10-6-15(7-11-17)26(28,29)30)23(31)22(20)24(36)33-25-32-12-13-37-25/h4-13,20H,1-3,31H2,(H,32,33,36). The minimum atomic E-state index is -4.53. The van der Waals surface area contributed by atoms with Crippen molar-refractivity contribution in [2.24, 2.45) is 5.73 Å². The highest BCUT2D eigenvalue weighted by Gasteiger charge is 2.43. The molecular weight excluding hydrogens is 508 g/mol. The summed E-state index contributed by atoms with van der Waals surface area (Å²) in [5, 5.41) is 4.67. The molecule has 1 unspecified atom stereocenters. The van der Waals surface area contributed by atoms with Crippen molar-refractivity contribution in [3.63, 3.8) is 0 Å². The fraction of sp³-hybridized carbons (Fsp3) is 0.192. The zero-order chi connectivity index (χ0) is 26.3. The Labute approximate surface area is 213 Å². The second kappa shape index (κ2) is 9.47. The van der Waals surface area contributed by atoms with E-state index in [0.29, 0.717) is 34.8 Å². The lowest BCUT2D eigenvalue weighted by Crippen LogP contribution is -2.41. The number of allylic oxidation sites excluding steroid dienone is 2. The Hall–Kier alpha value is -3.99. The lowest BCUT2D eigenvalue weighted by Gasteiger charge is -2.40. The number of halogens is 4. The van der Waals surface area contributed by atoms with E-state index in [0.717, 1.165) is 12.1 Å². The molecule has 1 aliphatic heterocycles. The number of nitrogens with one attached hydrogen (secondary N) is 1. The molecule has 2 heterocycles. The number of Topliss-reactive ketones (excluding diaryl/α,β-unsaturated/α-hetero) is 1. The van der Waals surface area contributed by atoms with Gasteiger partial charge in [0, 0.05) is 40.9 Å². The number of hydrogen-bond donors (Lipinski definition) is 2. The van der Waals surface area contributed by atoms with E-state index in [2.05, 4.69) is 10.3 Å². The number of anilines is 2. The zero-order valence-corrected chi connectivity index (χ0v) is 20.0. The Morgan fingerprint density at radius 3 is 2.41 bits per heavy atom. The Balaban J connectivity index is 1.70. The lowest BCUT2D eigenvalue weighted by atomic mass is 9.75. The molecule has 0 saturated carbocycles. The van der Waals surface area contributed by atoms with Gasteiger partial charge in [0.2, 0.25) is 0 Å². The van der Waals surface area contributed by atoms with Gasteiger partial charge in [0.05, 0.1) is 11.1 Å². The minimum absolute atomic E-state index is 0.0238. The first-order valence-electron chi connectivity index (χ1n) is 11.3. The van der Waals surface area contributed by atoms with E-state index >= 15 is 0 Å². The van der Waals surface area contributed by atoms with E-state index in [1.54, 1.807) is 5.38 Å². The predicted octanol–water partition coefficient (Wildman–Crippen LogP) is 5.72. The Bertz CT molecular complexity index is 1410. The Kier molecular flexibility index (Phi) is 6.32. The van der Waals surface area contributed by atoms with Crippen LogP contribution in [0.25, 0.3) is 0 Å². The number of benzene rings is 2. The molecule has 3 N–H and O–H groups in total. The van der Waals surface area contributed by atoms with Crippen molar-refractivity contribution in [2.75, 3.05) is 10.2 Å². The molecule has 2 aliphatic rings. The van der Waals surface area contributed by atoms with Crippen LogP contribution < -0.4 is 16.0 Å². The van der Waals surface area contributed by atoms with Gasteiger partial charge < -0.3 is 5.73 Å². The highest BCUT2D eigenvalue weighted by atomic mass is 32.1. The number of hydrogen-bond acceptors (Lipinski definition) is 6. The molecule has 5 rings (SSSR count). The highest BCUT2D eigenvalue weighted by Crippen LogP contribution is 2.47. The summed E-state index contributed by atoms with van der Waals surface area (Å²) in [4.78, 5) is 32.5. The Morgan fingerprint density at radius 2 is 1.78 bits per heavy atom. The van der Waals surface area contributed by atoms with E-state index in [1.165, 1.54) is 58.8 Å². The van der Waals surface area contributed by atoms with Crippen molar-refractivity contribution in [3.8, 4) is 0 Å². The summed E-state index contributed by atoms with van der Waals surface area (Å²) >= 11 is 1.18. The van der Waals surface area contributed by atoms with Crippen LogP contribution in [0.5, 0.6) is 0 Å². The number of carbonyl (C=O) groups excluding carboxylic acids is 2. The molecule has 6 nitrogen and oxygen atoms in total. The van der Waals surface area contributed by atoms with Crippen molar-refractivity contribution in [2.45, 2.75) is 31.4 Å². The number of ketones is 1. The molecule has 3 aromatic rings. The van der Waals surface area contributed by atoms with E-state index in [4.69, 9.17) is 5.73 Å². The van der Waals surface area contributed by atoms with Crippen LogP contribution in [-0.2, 0) is 15.8 Å². The van der Waals surface area contributed by atoms with Crippen LogP contribution in [0.3, 0.4) is 0 Å². The monoisotopic (exact) mass is 528 g/mol. The number of nitrogens with zero attached hydrogens (tertiary/aromatic N) is 2. The first kappa shape index (κ1) is 24.7. The van der Waals surface area contributed by atoms with Gasteiger partial charge in [-0.25, -0.2) is 9.37 Å². The molecule has 190 valence electrons. The number of thiazole rings is 1. The molecule has 0 radical (unpaired) electrons. The van der Waals surface area contributed by atoms with Crippen LogP contribution in [-0.4, -0.2) is 16.7 Å². The molecule has 0 saturated heterocycles. The largest absolute Gasteiger partial charge is 0.416 e. The maximum Gasteiger partial charge on any atom is 0.416 e. The summed E-state index contributed by atoms with van der Waals surface area (Å²) < 4.78 is 53.3. The van der Waals surface area contributed by atoms with Gasteiger partial charge in [-0.05, 0) is 54.8 Å². The van der Waals surface area contributed by atoms with E-state index in [-0.39, 0.29) is 29.3 Å². The van der Waals surface area contributed by atoms with E-state index in [9.17, 15) is 27.2 Å². The second-order valence-corrected chi connectivity index (χ2v) is 9.49. The van der Waals surface area contributed by atoms with E-state index < -0.39 is 29.4 Å². The Morgan fingerprint density at radius 1 is 1.08 bits per heavy atom. The number of carbonyl (C=O) groups is 2. The van der Waals surface area contributed by atoms with Crippen LogP contribution in [0.15, 0.2) is 82.8 Å². The third-order valence-corrected chi connectivity index (χ3v) is 7.03. The molecule has 1 aliphatic carbocycles. The maximum atomic E-state index is 13.8. The summed E-state index contributed by atoms with van der Waals surface area (Å²) in [6.07, 6.45) is -1.85. The first-order chi connectivity index (χ1) is 17.6. The lowest BCUT2D eigenvalue weighted by molar-refractivity contribution is -0.137. The number of nitrogens with two attached hydrogens (primary N) is 1. The molecule has 0 bridgehead atoms. The molecule has 1 atom stereocenters. The van der Waals surface area contributed by atoms with Gasteiger partial charge in [0.25, 0.3) is 5.91 Å². The first-order valence-corrected chi connectivity index (χ1v) is 12.2. The summed E-state index contributed by atoms with van der Waals surface area (Å²) in [5.41, 5.74) is 7.39. The smallest absolute Gasteiger partial charge is 0.384 e. The van der Waals surface area contributed by atoms with Crippen LogP contribution in [0.4, 0.5) is 28.4 Å². The third-order valence-electron chi connectivity index (χ3n) is 6.35. The van der Waals surface area contributed by atoms with Gasteiger partial charge in [-0.2, -0.15) is 13.2 Å². The summed E-state index contributed by atoms with van der Waals surface area (Å²) in [6, 6.07) is 9.81. The van der Waals surface area contributed by atoms with Crippen LogP contribution >= 0.6 is 11.3 Å². The van der Waals surface area contributed by atoms with Gasteiger partial charge in [0.1, 0.15) is 11.6 Å². The van der Waals surface area contributed by atoms with Crippen LogP contribution in [0, 0.1) is 5.82 Å².